The van der Waals surface area contributed by atoms with Crippen LogP contribution >= 0.6 is 11.6 Å². The summed E-state index contributed by atoms with van der Waals surface area (Å²) in [5.74, 6) is 5.92. The summed E-state index contributed by atoms with van der Waals surface area (Å²) in [7, 11) is 0. The number of carboxylic acids is 1. The molecule has 5 nitrogen and oxygen atoms in total. The van der Waals surface area contributed by atoms with E-state index in [1.54, 1.807) is 0 Å². The molecule has 30 heavy (non-hydrogen) atoms. The van der Waals surface area contributed by atoms with Crippen LogP contribution in [0.25, 0.3) is 11.2 Å². The van der Waals surface area contributed by atoms with Crippen LogP contribution in [0.15, 0.2) is 54.6 Å². The lowest BCUT2D eigenvalue weighted by Gasteiger charge is -2.09. The quantitative estimate of drug-likeness (QED) is 0.486. The van der Waals surface area contributed by atoms with Crippen LogP contribution in [0.4, 0.5) is 0 Å². The lowest BCUT2D eigenvalue weighted by molar-refractivity contribution is 0.0690. The van der Waals surface area contributed by atoms with E-state index in [1.807, 2.05) is 66.9 Å². The standard InChI is InChI=1S/C24H18ClN3O2/c1-15-12-21(24(29)30)27-23-22(15)26-16(2)28(23)14-19-11-10-18(13-20(19)25)9-8-17-6-4-3-5-7-17/h3-7,10-13H,14H2,1-2H3,(H,29,30). The molecule has 6 heteroatoms. The Labute approximate surface area is 179 Å². The molecule has 2 heterocycles. The van der Waals surface area contributed by atoms with Crippen LogP contribution in [-0.2, 0) is 6.54 Å². The number of hydrogen-bond acceptors (Lipinski definition) is 3. The van der Waals surface area contributed by atoms with E-state index in [4.69, 9.17) is 11.6 Å². The molecule has 0 saturated heterocycles. The molecule has 0 amide bonds. The van der Waals surface area contributed by atoms with Crippen molar-refractivity contribution in [3.05, 3.63) is 93.4 Å². The zero-order chi connectivity index (χ0) is 21.3. The molecule has 2 aromatic carbocycles. The van der Waals surface area contributed by atoms with Crippen LogP contribution in [0.2, 0.25) is 5.02 Å². The van der Waals surface area contributed by atoms with E-state index in [2.05, 4.69) is 21.8 Å². The predicted molar refractivity (Wildman–Crippen MR) is 117 cm³/mol. The van der Waals surface area contributed by atoms with Gasteiger partial charge in [-0.05, 0) is 55.3 Å². The highest BCUT2D eigenvalue weighted by atomic mass is 35.5. The minimum atomic E-state index is -1.07. The summed E-state index contributed by atoms with van der Waals surface area (Å²) >= 11 is 6.53. The van der Waals surface area contributed by atoms with Crippen LogP contribution in [-0.4, -0.2) is 25.6 Å². The number of rotatable bonds is 3. The number of nitrogens with zero attached hydrogens (tertiary/aromatic N) is 3. The van der Waals surface area contributed by atoms with Gasteiger partial charge in [-0.15, -0.1) is 0 Å². The van der Waals surface area contributed by atoms with E-state index in [-0.39, 0.29) is 5.69 Å². The van der Waals surface area contributed by atoms with Crippen molar-refractivity contribution in [3.8, 4) is 11.8 Å². The Morgan fingerprint density at radius 2 is 1.77 bits per heavy atom. The highest BCUT2D eigenvalue weighted by molar-refractivity contribution is 6.31. The van der Waals surface area contributed by atoms with E-state index in [9.17, 15) is 9.90 Å². The van der Waals surface area contributed by atoms with Gasteiger partial charge in [-0.1, -0.05) is 47.7 Å². The molecule has 0 saturated carbocycles. The second-order valence-electron chi connectivity index (χ2n) is 6.97. The topological polar surface area (TPSA) is 68.0 Å². The molecule has 4 aromatic rings. The number of halogens is 1. The number of aryl methyl sites for hydroxylation is 2. The third-order valence-corrected chi connectivity index (χ3v) is 5.16. The highest BCUT2D eigenvalue weighted by Crippen LogP contribution is 2.24. The zero-order valence-corrected chi connectivity index (χ0v) is 17.2. The molecule has 0 aliphatic rings. The molecule has 0 aliphatic heterocycles. The number of aromatic nitrogens is 3. The fourth-order valence-corrected chi connectivity index (χ4v) is 3.48. The zero-order valence-electron chi connectivity index (χ0n) is 16.5. The average Bonchev–Trinajstić information content (AvgIpc) is 3.05. The van der Waals surface area contributed by atoms with Gasteiger partial charge in [0.2, 0.25) is 0 Å². The predicted octanol–water partition coefficient (Wildman–Crippen LogP) is 4.85. The molecule has 1 N–H and O–H groups in total. The Kier molecular flexibility index (Phi) is 5.26. The van der Waals surface area contributed by atoms with Crippen molar-refractivity contribution in [2.75, 3.05) is 0 Å². The van der Waals surface area contributed by atoms with Gasteiger partial charge in [-0.3, -0.25) is 0 Å². The van der Waals surface area contributed by atoms with Gasteiger partial charge in [0.25, 0.3) is 0 Å². The summed E-state index contributed by atoms with van der Waals surface area (Å²) in [4.78, 5) is 20.3. The molecule has 0 unspecified atom stereocenters. The maximum atomic E-state index is 11.4. The number of hydrogen-bond donors (Lipinski definition) is 1. The highest BCUT2D eigenvalue weighted by Gasteiger charge is 2.16. The minimum Gasteiger partial charge on any atom is -0.477 e. The second kappa shape index (κ2) is 8.02. The Morgan fingerprint density at radius 3 is 2.47 bits per heavy atom. The van der Waals surface area contributed by atoms with E-state index in [1.165, 1.54) is 6.07 Å². The number of pyridine rings is 1. The van der Waals surface area contributed by atoms with Crippen molar-refractivity contribution in [3.63, 3.8) is 0 Å². The maximum absolute atomic E-state index is 11.4. The fraction of sp³-hybridized carbons (Fsp3) is 0.125. The average molecular weight is 416 g/mol. The third kappa shape index (κ3) is 3.91. The molecule has 0 fully saturated rings. The molecular weight excluding hydrogens is 398 g/mol. The number of imidazole rings is 1. The van der Waals surface area contributed by atoms with E-state index < -0.39 is 5.97 Å². The molecule has 0 spiro atoms. The van der Waals surface area contributed by atoms with Crippen molar-refractivity contribution >= 4 is 28.7 Å². The molecule has 0 aliphatic carbocycles. The number of benzene rings is 2. The SMILES string of the molecule is Cc1cc(C(=O)O)nc2c1nc(C)n2Cc1ccc(C#Cc2ccccc2)cc1Cl. The molecule has 148 valence electrons. The van der Waals surface area contributed by atoms with Gasteiger partial charge in [0, 0.05) is 16.1 Å². The molecule has 0 bridgehead atoms. The van der Waals surface area contributed by atoms with Gasteiger partial charge in [0.1, 0.15) is 11.3 Å². The van der Waals surface area contributed by atoms with Crippen LogP contribution in [0.3, 0.4) is 0 Å². The summed E-state index contributed by atoms with van der Waals surface area (Å²) < 4.78 is 1.88. The Bertz CT molecular complexity index is 1330. The number of carboxylic acid groups (broad SMARTS) is 1. The first kappa shape index (κ1) is 19.7. The molecular formula is C24H18ClN3O2. The minimum absolute atomic E-state index is 0.00113. The number of fused-ring (bicyclic) bond motifs is 1. The van der Waals surface area contributed by atoms with Gasteiger partial charge in [0.15, 0.2) is 11.3 Å². The fourth-order valence-electron chi connectivity index (χ4n) is 3.24. The van der Waals surface area contributed by atoms with Crippen LogP contribution in [0.5, 0.6) is 0 Å². The van der Waals surface area contributed by atoms with Crippen LogP contribution in [0.1, 0.15) is 38.6 Å². The Hall–Kier alpha value is -3.62. The van der Waals surface area contributed by atoms with Crippen LogP contribution in [0, 0.1) is 25.7 Å². The van der Waals surface area contributed by atoms with Gasteiger partial charge in [0.05, 0.1) is 6.54 Å². The number of aromatic carboxylic acids is 1. The smallest absolute Gasteiger partial charge is 0.354 e. The lowest BCUT2D eigenvalue weighted by atomic mass is 10.1. The first-order chi connectivity index (χ1) is 14.4. The van der Waals surface area contributed by atoms with E-state index in [0.717, 1.165) is 28.1 Å². The van der Waals surface area contributed by atoms with Gasteiger partial charge >= 0.3 is 5.97 Å². The van der Waals surface area contributed by atoms with Gasteiger partial charge in [-0.2, -0.15) is 0 Å². The van der Waals surface area contributed by atoms with Crippen molar-refractivity contribution < 1.29 is 9.90 Å². The first-order valence-corrected chi connectivity index (χ1v) is 9.73. The molecule has 2 aromatic heterocycles. The van der Waals surface area contributed by atoms with Gasteiger partial charge < -0.3 is 9.67 Å². The first-order valence-electron chi connectivity index (χ1n) is 9.35. The summed E-state index contributed by atoms with van der Waals surface area (Å²) in [5.41, 5.74) is 4.64. The molecule has 0 atom stereocenters. The largest absolute Gasteiger partial charge is 0.477 e. The summed E-state index contributed by atoms with van der Waals surface area (Å²) in [5, 5.41) is 9.92. The van der Waals surface area contributed by atoms with Crippen molar-refractivity contribution in [1.82, 2.24) is 14.5 Å². The number of carbonyl (C=O) groups is 1. The Morgan fingerprint density at radius 1 is 1.03 bits per heavy atom. The van der Waals surface area contributed by atoms with Crippen LogP contribution < -0.4 is 0 Å². The van der Waals surface area contributed by atoms with E-state index >= 15 is 0 Å². The third-order valence-electron chi connectivity index (χ3n) is 4.81. The van der Waals surface area contributed by atoms with E-state index in [0.29, 0.717) is 22.7 Å². The summed E-state index contributed by atoms with van der Waals surface area (Å²) in [6.07, 6.45) is 0. The normalized spacial score (nSPS) is 10.6. The lowest BCUT2D eigenvalue weighted by Crippen LogP contribution is -2.07. The molecule has 0 radical (unpaired) electrons. The maximum Gasteiger partial charge on any atom is 0.354 e. The van der Waals surface area contributed by atoms with Crippen molar-refractivity contribution in [2.24, 2.45) is 0 Å². The Balaban J connectivity index is 1.68. The van der Waals surface area contributed by atoms with Crippen molar-refractivity contribution in [2.45, 2.75) is 20.4 Å². The molecule has 4 rings (SSSR count). The van der Waals surface area contributed by atoms with Gasteiger partial charge in [-0.25, -0.2) is 14.8 Å². The van der Waals surface area contributed by atoms with Crippen molar-refractivity contribution in [1.29, 1.82) is 0 Å². The summed E-state index contributed by atoms with van der Waals surface area (Å²) in [6, 6.07) is 17.0. The summed E-state index contributed by atoms with van der Waals surface area (Å²) in [6.45, 7) is 4.14. The monoisotopic (exact) mass is 415 g/mol. The second-order valence-corrected chi connectivity index (χ2v) is 7.38.